The highest BCUT2D eigenvalue weighted by Gasteiger charge is 2.26. The summed E-state index contributed by atoms with van der Waals surface area (Å²) in [7, 11) is 0. The van der Waals surface area contributed by atoms with Gasteiger partial charge in [-0.3, -0.25) is 10.1 Å². The quantitative estimate of drug-likeness (QED) is 0.664. The summed E-state index contributed by atoms with van der Waals surface area (Å²) in [5.74, 6) is 0.855. The normalized spacial score (nSPS) is 23.9. The second-order valence-corrected chi connectivity index (χ2v) is 5.19. The van der Waals surface area contributed by atoms with E-state index in [4.69, 9.17) is 0 Å². The molecule has 0 amide bonds. The summed E-state index contributed by atoms with van der Waals surface area (Å²) in [4.78, 5) is 9.72. The standard InChI is InChI=1S/C11H12FNO3S/c12-9-4-7(1-2-10(9)13(15)16)3-8-5-17-6-11(8)14/h1-2,4,8,11,14H,3,5-6H2. The molecule has 92 valence electrons. The van der Waals surface area contributed by atoms with Gasteiger partial charge in [0.15, 0.2) is 0 Å². The maximum Gasteiger partial charge on any atom is 0.304 e. The van der Waals surface area contributed by atoms with Crippen LogP contribution < -0.4 is 0 Å². The second-order valence-electron chi connectivity index (χ2n) is 4.11. The number of rotatable bonds is 3. The van der Waals surface area contributed by atoms with Gasteiger partial charge < -0.3 is 5.11 Å². The lowest BCUT2D eigenvalue weighted by Gasteiger charge is -2.13. The zero-order chi connectivity index (χ0) is 12.4. The van der Waals surface area contributed by atoms with Gasteiger partial charge in [0.1, 0.15) is 0 Å². The van der Waals surface area contributed by atoms with E-state index in [1.54, 1.807) is 17.8 Å². The van der Waals surface area contributed by atoms with E-state index in [2.05, 4.69) is 0 Å². The fourth-order valence-corrected chi connectivity index (χ4v) is 3.20. The van der Waals surface area contributed by atoms with E-state index in [9.17, 15) is 19.6 Å². The number of nitrogens with zero attached hydrogens (tertiary/aromatic N) is 1. The molecule has 0 spiro atoms. The molecule has 0 radical (unpaired) electrons. The Kier molecular flexibility index (Phi) is 3.63. The molecule has 17 heavy (non-hydrogen) atoms. The number of halogens is 1. The van der Waals surface area contributed by atoms with Crippen LogP contribution in [0.3, 0.4) is 0 Å². The second kappa shape index (κ2) is 5.01. The molecule has 0 saturated carbocycles. The average molecular weight is 257 g/mol. The number of aliphatic hydroxyl groups is 1. The molecule has 6 heteroatoms. The first kappa shape index (κ1) is 12.3. The van der Waals surface area contributed by atoms with Gasteiger partial charge >= 0.3 is 5.69 Å². The third-order valence-corrected chi connectivity index (χ3v) is 4.11. The van der Waals surface area contributed by atoms with Crippen molar-refractivity contribution in [2.75, 3.05) is 11.5 Å². The molecular weight excluding hydrogens is 245 g/mol. The Labute approximate surface area is 102 Å². The van der Waals surface area contributed by atoms with E-state index in [0.29, 0.717) is 17.7 Å². The highest BCUT2D eigenvalue weighted by atomic mass is 32.2. The molecule has 2 unspecified atom stereocenters. The number of hydrogen-bond donors (Lipinski definition) is 1. The molecule has 1 heterocycles. The number of nitro benzene ring substituents is 1. The van der Waals surface area contributed by atoms with Crippen LogP contribution in [-0.2, 0) is 6.42 Å². The lowest BCUT2D eigenvalue weighted by atomic mass is 9.96. The number of nitro groups is 1. The van der Waals surface area contributed by atoms with E-state index in [1.165, 1.54) is 12.1 Å². The summed E-state index contributed by atoms with van der Waals surface area (Å²) in [5, 5.41) is 20.1. The molecule has 1 fully saturated rings. The Bertz CT molecular complexity index is 441. The van der Waals surface area contributed by atoms with Crippen LogP contribution in [0.5, 0.6) is 0 Å². The van der Waals surface area contributed by atoms with Crippen molar-refractivity contribution < 1.29 is 14.4 Å². The lowest BCUT2D eigenvalue weighted by Crippen LogP contribution is -2.19. The molecule has 1 aromatic rings. The van der Waals surface area contributed by atoms with Gasteiger partial charge in [0.2, 0.25) is 5.82 Å². The van der Waals surface area contributed by atoms with E-state index in [0.717, 1.165) is 5.75 Å². The van der Waals surface area contributed by atoms with Gasteiger partial charge in [-0.25, -0.2) is 0 Å². The Hall–Kier alpha value is -1.14. The number of benzene rings is 1. The number of thioether (sulfide) groups is 1. The Balaban J connectivity index is 2.12. The molecule has 0 aromatic heterocycles. The molecule has 2 rings (SSSR count). The van der Waals surface area contributed by atoms with Crippen molar-refractivity contribution in [3.63, 3.8) is 0 Å². The molecule has 0 bridgehead atoms. The average Bonchev–Trinajstić information content (AvgIpc) is 2.64. The zero-order valence-corrected chi connectivity index (χ0v) is 9.82. The van der Waals surface area contributed by atoms with Crippen molar-refractivity contribution in [3.05, 3.63) is 39.7 Å². The zero-order valence-electron chi connectivity index (χ0n) is 9.01. The monoisotopic (exact) mass is 257 g/mol. The molecule has 0 aliphatic carbocycles. The van der Waals surface area contributed by atoms with Gasteiger partial charge in [0, 0.05) is 11.8 Å². The number of aliphatic hydroxyl groups excluding tert-OH is 1. The fourth-order valence-electron chi connectivity index (χ4n) is 1.91. The van der Waals surface area contributed by atoms with Crippen LogP contribution in [0.25, 0.3) is 0 Å². The first-order valence-electron chi connectivity index (χ1n) is 5.26. The third-order valence-electron chi connectivity index (χ3n) is 2.87. The molecular formula is C11H12FNO3S. The maximum absolute atomic E-state index is 13.4. The summed E-state index contributed by atoms with van der Waals surface area (Å²) < 4.78 is 13.4. The molecule has 1 N–H and O–H groups in total. The Morgan fingerprint density at radius 2 is 2.29 bits per heavy atom. The predicted molar refractivity (Wildman–Crippen MR) is 63.6 cm³/mol. The van der Waals surface area contributed by atoms with Crippen molar-refractivity contribution >= 4 is 17.4 Å². The summed E-state index contributed by atoms with van der Waals surface area (Å²) in [6.45, 7) is 0. The Morgan fingerprint density at radius 3 is 2.82 bits per heavy atom. The van der Waals surface area contributed by atoms with E-state index in [1.807, 2.05) is 0 Å². The van der Waals surface area contributed by atoms with Crippen molar-refractivity contribution in [3.8, 4) is 0 Å². The summed E-state index contributed by atoms with van der Waals surface area (Å²) in [5.41, 5.74) is 0.190. The van der Waals surface area contributed by atoms with Crippen LogP contribution in [0.1, 0.15) is 5.56 Å². The van der Waals surface area contributed by atoms with E-state index < -0.39 is 16.4 Å². The lowest BCUT2D eigenvalue weighted by molar-refractivity contribution is -0.387. The van der Waals surface area contributed by atoms with Crippen LogP contribution in [0.2, 0.25) is 0 Å². The van der Waals surface area contributed by atoms with E-state index >= 15 is 0 Å². The van der Waals surface area contributed by atoms with Gasteiger partial charge in [0.05, 0.1) is 11.0 Å². The van der Waals surface area contributed by atoms with Gasteiger partial charge in [-0.2, -0.15) is 16.2 Å². The molecule has 4 nitrogen and oxygen atoms in total. The predicted octanol–water partition coefficient (Wildman–Crippen LogP) is 2.00. The minimum Gasteiger partial charge on any atom is -0.392 e. The summed E-state index contributed by atoms with van der Waals surface area (Å²) >= 11 is 1.67. The van der Waals surface area contributed by atoms with Gasteiger partial charge in [-0.1, -0.05) is 6.07 Å². The maximum atomic E-state index is 13.4. The molecule has 1 aliphatic heterocycles. The molecule has 1 saturated heterocycles. The first-order chi connectivity index (χ1) is 8.08. The summed E-state index contributed by atoms with van der Waals surface area (Å²) in [6, 6.07) is 3.92. The minimum absolute atomic E-state index is 0.112. The van der Waals surface area contributed by atoms with Crippen LogP contribution in [0.4, 0.5) is 10.1 Å². The van der Waals surface area contributed by atoms with Gasteiger partial charge in [-0.05, 0) is 29.7 Å². The van der Waals surface area contributed by atoms with Crippen molar-refractivity contribution in [2.45, 2.75) is 12.5 Å². The topological polar surface area (TPSA) is 63.4 Å². The van der Waals surface area contributed by atoms with Crippen molar-refractivity contribution in [1.29, 1.82) is 0 Å². The van der Waals surface area contributed by atoms with Gasteiger partial charge in [0.25, 0.3) is 0 Å². The van der Waals surface area contributed by atoms with Crippen LogP contribution in [0.15, 0.2) is 18.2 Å². The van der Waals surface area contributed by atoms with Crippen LogP contribution in [-0.4, -0.2) is 27.6 Å². The first-order valence-corrected chi connectivity index (χ1v) is 6.42. The largest absolute Gasteiger partial charge is 0.392 e. The SMILES string of the molecule is O=[N+]([O-])c1ccc(CC2CSCC2O)cc1F. The third kappa shape index (κ3) is 2.76. The number of hydrogen-bond acceptors (Lipinski definition) is 4. The highest BCUT2D eigenvalue weighted by Crippen LogP contribution is 2.28. The molecule has 1 aromatic carbocycles. The minimum atomic E-state index is -0.812. The fraction of sp³-hybridized carbons (Fsp3) is 0.455. The molecule has 2 atom stereocenters. The van der Waals surface area contributed by atoms with E-state index in [-0.39, 0.29) is 12.0 Å². The van der Waals surface area contributed by atoms with Gasteiger partial charge in [-0.15, -0.1) is 0 Å². The Morgan fingerprint density at radius 1 is 1.53 bits per heavy atom. The van der Waals surface area contributed by atoms with Crippen LogP contribution >= 0.6 is 11.8 Å². The molecule has 1 aliphatic rings. The summed E-state index contributed by atoms with van der Waals surface area (Å²) in [6.07, 6.45) is 0.196. The van der Waals surface area contributed by atoms with Crippen molar-refractivity contribution in [2.24, 2.45) is 5.92 Å². The highest BCUT2D eigenvalue weighted by molar-refractivity contribution is 7.99. The van der Waals surface area contributed by atoms with Crippen molar-refractivity contribution in [1.82, 2.24) is 0 Å². The van der Waals surface area contributed by atoms with Crippen LogP contribution in [0, 0.1) is 21.8 Å². The smallest absolute Gasteiger partial charge is 0.304 e.